The van der Waals surface area contributed by atoms with Crippen LogP contribution in [0.25, 0.3) is 0 Å². The first-order valence-corrected chi connectivity index (χ1v) is 17.2. The molecule has 4 rings (SSSR count). The van der Waals surface area contributed by atoms with Crippen LogP contribution in [0.5, 0.6) is 23.0 Å². The Morgan fingerprint density at radius 3 is 2.06 bits per heavy atom. The van der Waals surface area contributed by atoms with Crippen molar-refractivity contribution in [3.05, 3.63) is 82.9 Å². The number of amides is 2. The lowest BCUT2D eigenvalue weighted by atomic mass is 10.0. The number of nitrogens with one attached hydrogen (secondary N) is 1. The second-order valence-corrected chi connectivity index (χ2v) is 13.0. The third-order valence-electron chi connectivity index (χ3n) is 7.92. The summed E-state index contributed by atoms with van der Waals surface area (Å²) >= 11 is 0. The van der Waals surface area contributed by atoms with Gasteiger partial charge >= 0.3 is 12.1 Å². The molecule has 0 radical (unpaired) electrons. The minimum Gasteiger partial charge on any atom is -0.497 e. The highest BCUT2D eigenvalue weighted by molar-refractivity contribution is 6.11. The molecule has 2 amide bonds. The molecule has 1 N–H and O–H groups in total. The fourth-order valence-corrected chi connectivity index (χ4v) is 5.54. The van der Waals surface area contributed by atoms with Gasteiger partial charge in [-0.3, -0.25) is 9.59 Å². The fourth-order valence-electron chi connectivity index (χ4n) is 5.54. The molecule has 280 valence electrons. The number of ether oxygens (including phenoxy) is 7. The molecule has 0 bridgehead atoms. The third-order valence-corrected chi connectivity index (χ3v) is 7.92. The zero-order valence-electron chi connectivity index (χ0n) is 30.8. The first kappa shape index (κ1) is 39.5. The SMILES string of the molecule is CCOc1cc(OCC)cc(C(=O)N[C@@H]2CN(C(=O)OC(C)(C)C)CCC[C@H]2OC(=O)c2ccc(C(=O)c3cc(OC)ccc3OCOC)cc2)c1. The number of esters is 1. The van der Waals surface area contributed by atoms with Crippen LogP contribution in [-0.2, 0) is 14.2 Å². The Labute approximate surface area is 304 Å². The summed E-state index contributed by atoms with van der Waals surface area (Å²) < 4.78 is 38.8. The first-order valence-electron chi connectivity index (χ1n) is 17.2. The Morgan fingerprint density at radius 2 is 1.46 bits per heavy atom. The normalized spacial score (nSPS) is 15.9. The standard InChI is InChI=1S/C39H48N2O11/c1-8-48-29-19-27(20-30(21-29)49-9-2)36(43)40-32-23-41(38(45)52-39(3,4)5)18-10-11-34(32)51-37(44)26-14-12-25(13-15-26)35(42)31-22-28(47-7)16-17-33(31)50-24-46-6/h12-17,19-22,32,34H,8-11,18,23-24H2,1-7H3,(H,40,43)/t32-,34-/m1/s1. The van der Waals surface area contributed by atoms with E-state index in [0.29, 0.717) is 61.2 Å². The van der Waals surface area contributed by atoms with Gasteiger partial charge in [-0.05, 0) is 89.9 Å². The molecule has 1 aliphatic rings. The Hall–Kier alpha value is -5.30. The van der Waals surface area contributed by atoms with E-state index in [1.807, 2.05) is 13.8 Å². The number of methoxy groups -OCH3 is 2. The van der Waals surface area contributed by atoms with Gasteiger partial charge in [-0.15, -0.1) is 0 Å². The molecular weight excluding hydrogens is 672 g/mol. The molecule has 0 saturated carbocycles. The number of benzene rings is 3. The highest BCUT2D eigenvalue weighted by Crippen LogP contribution is 2.28. The summed E-state index contributed by atoms with van der Waals surface area (Å²) in [6.07, 6.45) is -0.499. The number of hydrogen-bond donors (Lipinski definition) is 1. The lowest BCUT2D eigenvalue weighted by molar-refractivity contribution is 0.0127. The third kappa shape index (κ3) is 10.8. The van der Waals surface area contributed by atoms with Crippen molar-refractivity contribution in [1.82, 2.24) is 10.2 Å². The molecule has 52 heavy (non-hydrogen) atoms. The van der Waals surface area contributed by atoms with Crippen molar-refractivity contribution in [3.8, 4) is 23.0 Å². The highest BCUT2D eigenvalue weighted by Gasteiger charge is 2.35. The maximum absolute atomic E-state index is 13.7. The average molecular weight is 721 g/mol. The monoisotopic (exact) mass is 720 g/mol. The molecule has 0 spiro atoms. The predicted octanol–water partition coefficient (Wildman–Crippen LogP) is 6.06. The zero-order valence-corrected chi connectivity index (χ0v) is 30.8. The zero-order chi connectivity index (χ0) is 37.8. The molecule has 3 aromatic carbocycles. The second-order valence-electron chi connectivity index (χ2n) is 13.0. The molecular formula is C39H48N2O11. The van der Waals surface area contributed by atoms with Crippen molar-refractivity contribution < 1.29 is 52.3 Å². The van der Waals surface area contributed by atoms with Crippen LogP contribution in [0.1, 0.15) is 84.1 Å². The van der Waals surface area contributed by atoms with Gasteiger partial charge in [0.25, 0.3) is 5.91 Å². The molecule has 1 saturated heterocycles. The highest BCUT2D eigenvalue weighted by atomic mass is 16.7. The Morgan fingerprint density at radius 1 is 0.808 bits per heavy atom. The summed E-state index contributed by atoms with van der Waals surface area (Å²) in [7, 11) is 2.97. The van der Waals surface area contributed by atoms with E-state index in [1.165, 1.54) is 43.4 Å². The van der Waals surface area contributed by atoms with Crippen LogP contribution in [-0.4, -0.2) is 93.7 Å². The Bertz CT molecular complexity index is 1680. The molecule has 1 fully saturated rings. The van der Waals surface area contributed by atoms with E-state index < -0.39 is 35.7 Å². The fraction of sp³-hybridized carbons (Fsp3) is 0.436. The van der Waals surface area contributed by atoms with Crippen LogP contribution in [0.15, 0.2) is 60.7 Å². The van der Waals surface area contributed by atoms with E-state index in [9.17, 15) is 19.2 Å². The minimum absolute atomic E-state index is 0.0313. The molecule has 0 unspecified atom stereocenters. The van der Waals surface area contributed by atoms with Gasteiger partial charge < -0.3 is 43.4 Å². The maximum atomic E-state index is 13.7. The van der Waals surface area contributed by atoms with Gasteiger partial charge in [-0.25, -0.2) is 9.59 Å². The van der Waals surface area contributed by atoms with Crippen LogP contribution < -0.4 is 24.3 Å². The topological polar surface area (TPSA) is 148 Å². The molecule has 3 aromatic rings. The van der Waals surface area contributed by atoms with Gasteiger partial charge in [0.15, 0.2) is 12.6 Å². The number of nitrogens with zero attached hydrogens (tertiary/aromatic N) is 1. The molecule has 0 aliphatic carbocycles. The van der Waals surface area contributed by atoms with E-state index in [2.05, 4.69) is 5.32 Å². The van der Waals surface area contributed by atoms with Gasteiger partial charge in [0.1, 0.15) is 34.7 Å². The predicted molar refractivity (Wildman–Crippen MR) is 192 cm³/mol. The number of ketones is 1. The summed E-state index contributed by atoms with van der Waals surface area (Å²) in [6, 6.07) is 15.0. The largest absolute Gasteiger partial charge is 0.497 e. The average Bonchev–Trinajstić information content (AvgIpc) is 3.31. The van der Waals surface area contributed by atoms with Crippen LogP contribution in [0.2, 0.25) is 0 Å². The lowest BCUT2D eigenvalue weighted by Crippen LogP contribution is -2.51. The number of likely N-dealkylation sites (tertiary alicyclic amines) is 1. The Balaban J connectivity index is 1.57. The first-order chi connectivity index (χ1) is 24.8. The molecule has 2 atom stereocenters. The van der Waals surface area contributed by atoms with Crippen LogP contribution in [0.4, 0.5) is 4.79 Å². The van der Waals surface area contributed by atoms with E-state index in [1.54, 1.807) is 57.2 Å². The van der Waals surface area contributed by atoms with Crippen LogP contribution in [0.3, 0.4) is 0 Å². The van der Waals surface area contributed by atoms with E-state index in [0.717, 1.165) is 0 Å². The van der Waals surface area contributed by atoms with Gasteiger partial charge in [-0.2, -0.15) is 0 Å². The number of carbonyl (C=O) groups excluding carboxylic acids is 4. The number of rotatable bonds is 14. The summed E-state index contributed by atoms with van der Waals surface area (Å²) in [5, 5.41) is 2.99. The molecule has 1 heterocycles. The molecule has 13 heteroatoms. The quantitative estimate of drug-likeness (QED) is 0.118. The van der Waals surface area contributed by atoms with Crippen molar-refractivity contribution in [3.63, 3.8) is 0 Å². The smallest absolute Gasteiger partial charge is 0.410 e. The van der Waals surface area contributed by atoms with Crippen LogP contribution >= 0.6 is 0 Å². The lowest BCUT2D eigenvalue weighted by Gasteiger charge is -2.30. The van der Waals surface area contributed by atoms with Gasteiger partial charge in [0, 0.05) is 37.4 Å². The van der Waals surface area contributed by atoms with E-state index >= 15 is 0 Å². The van der Waals surface area contributed by atoms with E-state index in [4.69, 9.17) is 33.2 Å². The van der Waals surface area contributed by atoms with E-state index in [-0.39, 0.29) is 35.8 Å². The molecule has 13 nitrogen and oxygen atoms in total. The van der Waals surface area contributed by atoms with Crippen molar-refractivity contribution in [2.75, 3.05) is 47.3 Å². The van der Waals surface area contributed by atoms with Crippen molar-refractivity contribution in [2.45, 2.75) is 65.2 Å². The summed E-state index contributed by atoms with van der Waals surface area (Å²) in [4.78, 5) is 55.4. The van der Waals surface area contributed by atoms with Crippen molar-refractivity contribution in [1.29, 1.82) is 0 Å². The minimum atomic E-state index is -0.802. The van der Waals surface area contributed by atoms with Crippen molar-refractivity contribution >= 4 is 23.8 Å². The number of hydrogen-bond acceptors (Lipinski definition) is 11. The van der Waals surface area contributed by atoms with Gasteiger partial charge in [-0.1, -0.05) is 12.1 Å². The second kappa shape index (κ2) is 18.3. The maximum Gasteiger partial charge on any atom is 0.410 e. The van der Waals surface area contributed by atoms with Gasteiger partial charge in [0.2, 0.25) is 0 Å². The van der Waals surface area contributed by atoms with Gasteiger partial charge in [0.05, 0.1) is 37.5 Å². The van der Waals surface area contributed by atoms with Crippen LogP contribution in [0, 0.1) is 0 Å². The summed E-state index contributed by atoms with van der Waals surface area (Å²) in [5.41, 5.74) is 0.308. The summed E-state index contributed by atoms with van der Waals surface area (Å²) in [5.74, 6) is 0.247. The summed E-state index contributed by atoms with van der Waals surface area (Å²) in [6.45, 7) is 10.1. The molecule has 1 aliphatic heterocycles. The number of carbonyl (C=O) groups is 4. The molecule has 0 aromatic heterocycles. The van der Waals surface area contributed by atoms with Crippen molar-refractivity contribution in [2.24, 2.45) is 0 Å². The Kier molecular flexibility index (Phi) is 13.9.